The minimum absolute atomic E-state index is 0.0379. The van der Waals surface area contributed by atoms with E-state index >= 15 is 0 Å². The first-order valence-corrected chi connectivity index (χ1v) is 11.4. The summed E-state index contributed by atoms with van der Waals surface area (Å²) >= 11 is 0. The summed E-state index contributed by atoms with van der Waals surface area (Å²) in [4.78, 5) is 24.4. The number of carbonyl (C=O) groups excluding carboxylic acids is 2. The van der Waals surface area contributed by atoms with Gasteiger partial charge in [0.1, 0.15) is 17.2 Å². The van der Waals surface area contributed by atoms with Crippen LogP contribution in [0.15, 0.2) is 77.7 Å². The minimum Gasteiger partial charge on any atom is -0.495 e. The van der Waals surface area contributed by atoms with E-state index in [1.165, 1.54) is 44.6 Å². The molecular weight excluding hydrogens is 444 g/mol. The normalized spacial score (nSPS) is 10.9. The van der Waals surface area contributed by atoms with Gasteiger partial charge in [0.05, 0.1) is 25.5 Å². The number of esters is 1. The zero-order valence-electron chi connectivity index (χ0n) is 18.4. The average Bonchev–Trinajstić information content (AvgIpc) is 2.83. The van der Waals surface area contributed by atoms with Crippen molar-refractivity contribution in [1.82, 2.24) is 0 Å². The molecule has 0 saturated carbocycles. The summed E-state index contributed by atoms with van der Waals surface area (Å²) in [6, 6.07) is 19.3. The van der Waals surface area contributed by atoms with Crippen molar-refractivity contribution >= 4 is 33.3 Å². The molecule has 9 heteroatoms. The lowest BCUT2D eigenvalue weighted by Gasteiger charge is -2.25. The van der Waals surface area contributed by atoms with Gasteiger partial charge in [-0.2, -0.15) is 0 Å². The van der Waals surface area contributed by atoms with Crippen molar-refractivity contribution in [2.75, 3.05) is 30.4 Å². The van der Waals surface area contributed by atoms with Crippen molar-refractivity contribution in [2.24, 2.45) is 0 Å². The molecular formula is C24H24N2O6S. The lowest BCUT2D eigenvalue weighted by molar-refractivity contribution is -0.114. The van der Waals surface area contributed by atoms with Gasteiger partial charge in [-0.1, -0.05) is 24.3 Å². The van der Waals surface area contributed by atoms with E-state index in [0.717, 1.165) is 9.87 Å². The predicted octanol–water partition coefficient (Wildman–Crippen LogP) is 3.62. The Labute approximate surface area is 192 Å². The summed E-state index contributed by atoms with van der Waals surface area (Å²) in [6.45, 7) is 1.30. The van der Waals surface area contributed by atoms with Crippen molar-refractivity contribution in [1.29, 1.82) is 0 Å². The Morgan fingerprint density at radius 3 is 2.21 bits per heavy atom. The molecule has 0 saturated heterocycles. The lowest BCUT2D eigenvalue weighted by atomic mass is 10.2. The third-order valence-corrected chi connectivity index (χ3v) is 6.60. The molecule has 1 amide bonds. The smallest absolute Gasteiger partial charge is 0.337 e. The first-order chi connectivity index (χ1) is 15.8. The number of carbonyl (C=O) groups is 2. The molecule has 3 rings (SSSR count). The lowest BCUT2D eigenvalue weighted by Crippen LogP contribution is -2.38. The minimum atomic E-state index is -4.14. The first kappa shape index (κ1) is 23.8. The SMILES string of the molecule is COC(=O)c1ccc(NC(=O)CN(c2ccccc2)S(=O)(=O)c2cc(C)ccc2OC)cc1. The molecule has 3 aromatic carbocycles. The van der Waals surface area contributed by atoms with Gasteiger partial charge >= 0.3 is 5.97 Å². The number of para-hydroxylation sites is 1. The van der Waals surface area contributed by atoms with E-state index in [2.05, 4.69) is 10.1 Å². The molecule has 8 nitrogen and oxygen atoms in total. The Morgan fingerprint density at radius 2 is 1.61 bits per heavy atom. The van der Waals surface area contributed by atoms with Crippen LogP contribution in [-0.4, -0.2) is 41.1 Å². The summed E-state index contributed by atoms with van der Waals surface area (Å²) in [5.41, 5.74) is 1.80. The predicted molar refractivity (Wildman–Crippen MR) is 125 cm³/mol. The second-order valence-electron chi connectivity index (χ2n) is 7.12. The third-order valence-electron chi connectivity index (χ3n) is 4.81. The van der Waals surface area contributed by atoms with E-state index in [4.69, 9.17) is 4.74 Å². The maximum Gasteiger partial charge on any atom is 0.337 e. The van der Waals surface area contributed by atoms with E-state index in [1.807, 2.05) is 0 Å². The monoisotopic (exact) mass is 468 g/mol. The Kier molecular flexibility index (Phi) is 7.34. The largest absolute Gasteiger partial charge is 0.495 e. The number of rotatable bonds is 8. The van der Waals surface area contributed by atoms with Gasteiger partial charge in [0, 0.05) is 5.69 Å². The number of ether oxygens (including phenoxy) is 2. The fourth-order valence-electron chi connectivity index (χ4n) is 3.15. The molecule has 0 atom stereocenters. The number of sulfonamides is 1. The number of nitrogens with one attached hydrogen (secondary N) is 1. The number of methoxy groups -OCH3 is 2. The van der Waals surface area contributed by atoms with Crippen LogP contribution in [0.2, 0.25) is 0 Å². The third kappa shape index (κ3) is 5.50. The van der Waals surface area contributed by atoms with Crippen LogP contribution in [0, 0.1) is 6.92 Å². The molecule has 0 aliphatic rings. The highest BCUT2D eigenvalue weighted by Crippen LogP contribution is 2.30. The Morgan fingerprint density at radius 1 is 0.939 bits per heavy atom. The molecule has 0 heterocycles. The van der Waals surface area contributed by atoms with E-state index < -0.39 is 28.4 Å². The maximum absolute atomic E-state index is 13.6. The molecule has 0 aliphatic carbocycles. The van der Waals surface area contributed by atoms with Gasteiger partial charge in [0.2, 0.25) is 5.91 Å². The highest BCUT2D eigenvalue weighted by molar-refractivity contribution is 7.93. The molecule has 1 N–H and O–H groups in total. The molecule has 0 radical (unpaired) electrons. The Balaban J connectivity index is 1.92. The zero-order chi connectivity index (χ0) is 24.0. The molecule has 0 aromatic heterocycles. The summed E-state index contributed by atoms with van der Waals surface area (Å²) in [6.07, 6.45) is 0. The van der Waals surface area contributed by atoms with Gasteiger partial charge in [-0.05, 0) is 61.0 Å². The molecule has 0 unspecified atom stereocenters. The summed E-state index contributed by atoms with van der Waals surface area (Å²) in [7, 11) is -1.47. The topological polar surface area (TPSA) is 102 Å². The van der Waals surface area contributed by atoms with Crippen molar-refractivity contribution in [2.45, 2.75) is 11.8 Å². The molecule has 0 spiro atoms. The summed E-state index contributed by atoms with van der Waals surface area (Å²) < 4.78 is 38.2. The fourth-order valence-corrected chi connectivity index (χ4v) is 4.82. The van der Waals surface area contributed by atoms with E-state index in [0.29, 0.717) is 16.9 Å². The molecule has 0 fully saturated rings. The second-order valence-corrected chi connectivity index (χ2v) is 8.95. The second kappa shape index (κ2) is 10.2. The molecule has 0 bridgehead atoms. The first-order valence-electron chi connectivity index (χ1n) is 9.97. The summed E-state index contributed by atoms with van der Waals surface area (Å²) in [5.74, 6) is -0.874. The van der Waals surface area contributed by atoms with Gasteiger partial charge in [-0.15, -0.1) is 0 Å². The van der Waals surface area contributed by atoms with Crippen LogP contribution in [0.25, 0.3) is 0 Å². The van der Waals surface area contributed by atoms with Gasteiger partial charge in [0.15, 0.2) is 0 Å². The fraction of sp³-hybridized carbons (Fsp3) is 0.167. The van der Waals surface area contributed by atoms with Crippen LogP contribution in [-0.2, 0) is 19.6 Å². The number of hydrogen-bond acceptors (Lipinski definition) is 6. The van der Waals surface area contributed by atoms with Crippen molar-refractivity contribution in [3.05, 3.63) is 83.9 Å². The van der Waals surface area contributed by atoms with Gasteiger partial charge in [-0.3, -0.25) is 9.10 Å². The van der Waals surface area contributed by atoms with Crippen molar-refractivity contribution < 1.29 is 27.5 Å². The van der Waals surface area contributed by atoms with Crippen LogP contribution >= 0.6 is 0 Å². The van der Waals surface area contributed by atoms with E-state index in [1.54, 1.807) is 49.4 Å². The van der Waals surface area contributed by atoms with E-state index in [9.17, 15) is 18.0 Å². The molecule has 0 aliphatic heterocycles. The Hall–Kier alpha value is -3.85. The molecule has 33 heavy (non-hydrogen) atoms. The number of anilines is 2. The number of aryl methyl sites for hydroxylation is 1. The van der Waals surface area contributed by atoms with E-state index in [-0.39, 0.29) is 10.6 Å². The molecule has 172 valence electrons. The van der Waals surface area contributed by atoms with Crippen LogP contribution in [0.4, 0.5) is 11.4 Å². The molecule has 3 aromatic rings. The zero-order valence-corrected chi connectivity index (χ0v) is 19.3. The van der Waals surface area contributed by atoms with Gasteiger partial charge < -0.3 is 14.8 Å². The highest BCUT2D eigenvalue weighted by atomic mass is 32.2. The van der Waals surface area contributed by atoms with Crippen LogP contribution in [0.5, 0.6) is 5.75 Å². The number of benzene rings is 3. The van der Waals surface area contributed by atoms with Gasteiger partial charge in [-0.25, -0.2) is 13.2 Å². The highest BCUT2D eigenvalue weighted by Gasteiger charge is 2.30. The number of amides is 1. The van der Waals surface area contributed by atoms with Gasteiger partial charge in [0.25, 0.3) is 10.0 Å². The quantitative estimate of drug-likeness (QED) is 0.507. The van der Waals surface area contributed by atoms with Crippen molar-refractivity contribution in [3.8, 4) is 5.75 Å². The van der Waals surface area contributed by atoms with Crippen LogP contribution in [0.1, 0.15) is 15.9 Å². The maximum atomic E-state index is 13.6. The average molecular weight is 469 g/mol. The number of nitrogens with zero attached hydrogens (tertiary/aromatic N) is 1. The van der Waals surface area contributed by atoms with Crippen LogP contribution < -0.4 is 14.4 Å². The van der Waals surface area contributed by atoms with Crippen LogP contribution in [0.3, 0.4) is 0 Å². The Bertz CT molecular complexity index is 1240. The summed E-state index contributed by atoms with van der Waals surface area (Å²) in [5, 5.41) is 2.66. The number of hydrogen-bond donors (Lipinski definition) is 1. The van der Waals surface area contributed by atoms with Crippen molar-refractivity contribution in [3.63, 3.8) is 0 Å². The standard InChI is InChI=1S/C24H24N2O6S/c1-17-9-14-21(31-2)22(15-17)33(29,30)26(20-7-5-4-6-8-20)16-23(27)25-19-12-10-18(11-13-19)24(28)32-3/h4-15H,16H2,1-3H3,(H,25,27).